The highest BCUT2D eigenvalue weighted by Crippen LogP contribution is 2.16. The van der Waals surface area contributed by atoms with Crippen LogP contribution in [0.1, 0.15) is 25.8 Å². The lowest BCUT2D eigenvalue weighted by molar-refractivity contribution is 0.264. The van der Waals surface area contributed by atoms with E-state index in [1.54, 1.807) is 0 Å². The minimum atomic E-state index is -0.160. The highest BCUT2D eigenvalue weighted by atomic mass is 32.1. The van der Waals surface area contributed by atoms with Crippen LogP contribution in [0.3, 0.4) is 0 Å². The minimum Gasteiger partial charge on any atom is -0.483 e. The second-order valence-electron chi connectivity index (χ2n) is 3.42. The molecule has 0 bridgehead atoms. The quantitative estimate of drug-likeness (QED) is 0.779. The van der Waals surface area contributed by atoms with Crippen LogP contribution in [-0.2, 0) is 6.42 Å². The number of aryl methyl sites for hydroxylation is 1. The Bertz CT molecular complexity index is 338. The number of ether oxygens (including phenoxy) is 1. The normalized spacial score (nSPS) is 12.1. The van der Waals surface area contributed by atoms with E-state index in [0.29, 0.717) is 4.99 Å². The molecule has 0 amide bonds. The van der Waals surface area contributed by atoms with Crippen molar-refractivity contribution in [3.8, 4) is 5.75 Å². The molecule has 0 aliphatic rings. The second kappa shape index (κ2) is 5.71. The molecule has 0 fully saturated rings. The van der Waals surface area contributed by atoms with Crippen LogP contribution in [0, 0.1) is 0 Å². The van der Waals surface area contributed by atoms with Crippen LogP contribution in [0.5, 0.6) is 5.75 Å². The molecule has 0 aromatic heterocycles. The molecule has 0 aliphatic carbocycles. The summed E-state index contributed by atoms with van der Waals surface area (Å²) < 4.78 is 5.70. The average Bonchev–Trinajstić information content (AvgIpc) is 2.25. The summed E-state index contributed by atoms with van der Waals surface area (Å²) in [5.41, 5.74) is 6.83. The summed E-state index contributed by atoms with van der Waals surface area (Å²) in [5, 5.41) is 0. The van der Waals surface area contributed by atoms with Crippen molar-refractivity contribution in [1.82, 2.24) is 0 Å². The first-order valence-corrected chi connectivity index (χ1v) is 5.63. The third kappa shape index (κ3) is 3.51. The van der Waals surface area contributed by atoms with Crippen molar-refractivity contribution >= 4 is 17.2 Å². The maximum Gasteiger partial charge on any atom is 0.148 e. The molecule has 3 heteroatoms. The summed E-state index contributed by atoms with van der Waals surface area (Å²) in [5.74, 6) is 0.842. The van der Waals surface area contributed by atoms with Gasteiger partial charge in [-0.2, -0.15) is 0 Å². The summed E-state index contributed by atoms with van der Waals surface area (Å²) in [6.07, 6.45) is 1.64. The standard InChI is InChI=1S/C12H17NOS/c1-3-9-6-5-7-10(8-9)14-11(4-2)12(13)15/h5-8,11H,3-4H2,1-2H3,(H2,13,15). The molecule has 82 valence electrons. The number of hydrogen-bond donors (Lipinski definition) is 1. The molecule has 1 rings (SSSR count). The summed E-state index contributed by atoms with van der Waals surface area (Å²) in [6, 6.07) is 8.02. The van der Waals surface area contributed by atoms with Gasteiger partial charge in [-0.15, -0.1) is 0 Å². The molecule has 1 unspecified atom stereocenters. The van der Waals surface area contributed by atoms with Gasteiger partial charge >= 0.3 is 0 Å². The zero-order valence-corrected chi connectivity index (χ0v) is 10.0. The van der Waals surface area contributed by atoms with E-state index in [4.69, 9.17) is 22.7 Å². The Labute approximate surface area is 96.4 Å². The van der Waals surface area contributed by atoms with E-state index in [1.807, 2.05) is 25.1 Å². The van der Waals surface area contributed by atoms with Crippen LogP contribution in [0.25, 0.3) is 0 Å². The van der Waals surface area contributed by atoms with E-state index in [0.717, 1.165) is 18.6 Å². The fraction of sp³-hybridized carbons (Fsp3) is 0.417. The molecule has 1 aromatic rings. The maximum atomic E-state index is 5.70. The molecule has 1 aromatic carbocycles. The van der Waals surface area contributed by atoms with Gasteiger partial charge in [0.25, 0.3) is 0 Å². The van der Waals surface area contributed by atoms with Crippen LogP contribution in [0.15, 0.2) is 24.3 Å². The summed E-state index contributed by atoms with van der Waals surface area (Å²) >= 11 is 4.93. The van der Waals surface area contributed by atoms with Crippen LogP contribution in [0.2, 0.25) is 0 Å². The largest absolute Gasteiger partial charge is 0.483 e. The molecule has 2 nitrogen and oxygen atoms in total. The fourth-order valence-electron chi connectivity index (χ4n) is 1.35. The second-order valence-corrected chi connectivity index (χ2v) is 3.89. The number of benzene rings is 1. The molecular formula is C12H17NOS. The van der Waals surface area contributed by atoms with Gasteiger partial charge < -0.3 is 10.5 Å². The van der Waals surface area contributed by atoms with Gasteiger partial charge in [0, 0.05) is 0 Å². The lowest BCUT2D eigenvalue weighted by Gasteiger charge is -2.16. The molecule has 2 N–H and O–H groups in total. The van der Waals surface area contributed by atoms with Crippen molar-refractivity contribution in [1.29, 1.82) is 0 Å². The van der Waals surface area contributed by atoms with Gasteiger partial charge in [0.15, 0.2) is 0 Å². The van der Waals surface area contributed by atoms with Crippen molar-refractivity contribution < 1.29 is 4.74 Å². The maximum absolute atomic E-state index is 5.70. The Morgan fingerprint density at radius 1 is 1.47 bits per heavy atom. The van der Waals surface area contributed by atoms with Crippen molar-refractivity contribution in [2.45, 2.75) is 32.8 Å². The number of thiocarbonyl (C=S) groups is 1. The van der Waals surface area contributed by atoms with Crippen molar-refractivity contribution in [2.24, 2.45) is 5.73 Å². The van der Waals surface area contributed by atoms with E-state index in [1.165, 1.54) is 5.56 Å². The number of hydrogen-bond acceptors (Lipinski definition) is 2. The van der Waals surface area contributed by atoms with Crippen molar-refractivity contribution in [3.63, 3.8) is 0 Å². The van der Waals surface area contributed by atoms with Crippen LogP contribution in [-0.4, -0.2) is 11.1 Å². The van der Waals surface area contributed by atoms with Gasteiger partial charge in [-0.1, -0.05) is 38.2 Å². The molecule has 0 radical (unpaired) electrons. The van der Waals surface area contributed by atoms with Gasteiger partial charge in [0.05, 0.1) is 0 Å². The highest BCUT2D eigenvalue weighted by Gasteiger charge is 2.10. The van der Waals surface area contributed by atoms with E-state index in [9.17, 15) is 0 Å². The first kappa shape index (κ1) is 12.0. The SMILES string of the molecule is CCc1cccc(OC(CC)C(N)=S)c1. The van der Waals surface area contributed by atoms with E-state index < -0.39 is 0 Å². The van der Waals surface area contributed by atoms with Crippen LogP contribution < -0.4 is 10.5 Å². The molecule has 0 heterocycles. The Morgan fingerprint density at radius 2 is 2.20 bits per heavy atom. The molecule has 1 atom stereocenters. The summed E-state index contributed by atoms with van der Waals surface area (Å²) in [7, 11) is 0. The van der Waals surface area contributed by atoms with Gasteiger partial charge in [0.2, 0.25) is 0 Å². The first-order valence-electron chi connectivity index (χ1n) is 5.22. The van der Waals surface area contributed by atoms with E-state index in [2.05, 4.69) is 13.0 Å². The van der Waals surface area contributed by atoms with Gasteiger partial charge in [-0.25, -0.2) is 0 Å². The van der Waals surface area contributed by atoms with Gasteiger partial charge in [-0.3, -0.25) is 0 Å². The summed E-state index contributed by atoms with van der Waals surface area (Å²) in [4.78, 5) is 0.416. The molecular weight excluding hydrogens is 206 g/mol. The predicted molar refractivity (Wildman–Crippen MR) is 67.3 cm³/mol. The van der Waals surface area contributed by atoms with Crippen molar-refractivity contribution in [3.05, 3.63) is 29.8 Å². The lowest BCUT2D eigenvalue weighted by Crippen LogP contribution is -2.31. The third-order valence-electron chi connectivity index (χ3n) is 2.27. The number of nitrogens with two attached hydrogens (primary N) is 1. The molecule has 0 saturated heterocycles. The smallest absolute Gasteiger partial charge is 0.148 e. The molecule has 15 heavy (non-hydrogen) atoms. The molecule has 0 saturated carbocycles. The average molecular weight is 223 g/mol. The Morgan fingerprint density at radius 3 is 2.73 bits per heavy atom. The Hall–Kier alpha value is -1.09. The molecule has 0 spiro atoms. The zero-order chi connectivity index (χ0) is 11.3. The highest BCUT2D eigenvalue weighted by molar-refractivity contribution is 7.80. The Kier molecular flexibility index (Phi) is 4.56. The lowest BCUT2D eigenvalue weighted by atomic mass is 10.1. The number of rotatable bonds is 5. The van der Waals surface area contributed by atoms with Gasteiger partial charge in [0.1, 0.15) is 16.8 Å². The van der Waals surface area contributed by atoms with Crippen molar-refractivity contribution in [2.75, 3.05) is 0 Å². The third-order valence-corrected chi connectivity index (χ3v) is 2.54. The predicted octanol–water partition coefficient (Wildman–Crippen LogP) is 2.69. The Balaban J connectivity index is 2.74. The topological polar surface area (TPSA) is 35.2 Å². The van der Waals surface area contributed by atoms with Crippen LogP contribution >= 0.6 is 12.2 Å². The van der Waals surface area contributed by atoms with E-state index in [-0.39, 0.29) is 6.10 Å². The minimum absolute atomic E-state index is 0.160. The van der Waals surface area contributed by atoms with Crippen LogP contribution in [0.4, 0.5) is 0 Å². The first-order chi connectivity index (χ1) is 7.17. The van der Waals surface area contributed by atoms with Gasteiger partial charge in [-0.05, 0) is 30.5 Å². The molecule has 0 aliphatic heterocycles. The monoisotopic (exact) mass is 223 g/mol. The zero-order valence-electron chi connectivity index (χ0n) is 9.19. The summed E-state index contributed by atoms with van der Waals surface area (Å²) in [6.45, 7) is 4.12. The fourth-order valence-corrected chi connectivity index (χ4v) is 1.56. The van der Waals surface area contributed by atoms with E-state index >= 15 is 0 Å².